The molecule has 212 valence electrons. The van der Waals surface area contributed by atoms with Gasteiger partial charge in [0, 0.05) is 19.2 Å². The average Bonchev–Trinajstić information content (AvgIpc) is 3.50. The summed E-state index contributed by atoms with van der Waals surface area (Å²) in [5.41, 5.74) is -2.38. The molecule has 0 aliphatic carbocycles. The zero-order valence-electron chi connectivity index (χ0n) is 21.1. The second-order valence-corrected chi connectivity index (χ2v) is 11.4. The van der Waals surface area contributed by atoms with E-state index in [4.69, 9.17) is 16.3 Å². The normalized spacial score (nSPS) is 16.1. The zero-order chi connectivity index (χ0) is 28.6. The first-order valence-electron chi connectivity index (χ1n) is 11.8. The summed E-state index contributed by atoms with van der Waals surface area (Å²) in [6, 6.07) is 4.27. The minimum atomic E-state index is -4.77. The average molecular weight is 592 g/mol. The number of carbonyl (C=O) groups excluding carboxylic acids is 1. The molecule has 0 unspecified atom stereocenters. The number of hydrogen-bond acceptors (Lipinski definition) is 9. The van der Waals surface area contributed by atoms with Gasteiger partial charge in [0.2, 0.25) is 5.60 Å². The second kappa shape index (κ2) is 10.6. The van der Waals surface area contributed by atoms with Gasteiger partial charge in [0.05, 0.1) is 18.7 Å². The number of aromatic amines is 1. The molecule has 1 aromatic carbocycles. The van der Waals surface area contributed by atoms with Gasteiger partial charge < -0.3 is 9.47 Å². The number of H-pyrrole nitrogens is 1. The first-order valence-corrected chi connectivity index (χ1v) is 13.6. The van der Waals surface area contributed by atoms with Gasteiger partial charge in [0.1, 0.15) is 16.7 Å². The molecular weight excluding hydrogens is 567 g/mol. The molecule has 0 saturated carbocycles. The fourth-order valence-corrected chi connectivity index (χ4v) is 5.75. The van der Waals surface area contributed by atoms with Gasteiger partial charge in [-0.05, 0) is 44.9 Å². The van der Waals surface area contributed by atoms with Crippen LogP contribution < -0.4 is 9.04 Å². The van der Waals surface area contributed by atoms with E-state index in [0.717, 1.165) is 18.2 Å². The first-order chi connectivity index (χ1) is 18.2. The van der Waals surface area contributed by atoms with Crippen LogP contribution in [0.25, 0.3) is 0 Å². The number of hydrogen-bond donors (Lipinski definition) is 1. The summed E-state index contributed by atoms with van der Waals surface area (Å²) in [4.78, 5) is 12.1. The molecule has 1 N–H and O–H groups in total. The van der Waals surface area contributed by atoms with E-state index in [-0.39, 0.29) is 33.6 Å². The van der Waals surface area contributed by atoms with Gasteiger partial charge in [-0.15, -0.1) is 10.2 Å². The highest BCUT2D eigenvalue weighted by molar-refractivity contribution is 7.93. The number of carbonyl (C=O) groups is 1. The fourth-order valence-electron chi connectivity index (χ4n) is 3.80. The van der Waals surface area contributed by atoms with Gasteiger partial charge in [-0.25, -0.2) is 8.42 Å². The van der Waals surface area contributed by atoms with Crippen LogP contribution in [0.1, 0.15) is 38.6 Å². The molecule has 17 heteroatoms. The standard InChI is InChI=1S/C22H25ClF3N7O5S/c1-4-32-12-17(20(23)29-32)39(35,36)33-11-14(6-8-18-27-30-31-28-18)37-16-7-5-13(9-15(16)33)10-19(34)38-21(2,3)22(24,25)26/h5,7,9,12,14H,4,6,8,10-11H2,1-3H3,(H,27,28,30,31)/t14-/m0/s1. The molecule has 1 atom stereocenters. The van der Waals surface area contributed by atoms with E-state index in [1.807, 2.05) is 0 Å². The quantitative estimate of drug-likeness (QED) is 0.371. The molecule has 1 aliphatic rings. The van der Waals surface area contributed by atoms with Crippen molar-refractivity contribution >= 4 is 33.3 Å². The van der Waals surface area contributed by atoms with Gasteiger partial charge >= 0.3 is 12.1 Å². The summed E-state index contributed by atoms with van der Waals surface area (Å²) in [7, 11) is -4.27. The fraction of sp³-hybridized carbons (Fsp3) is 0.500. The smallest absolute Gasteiger partial charge is 0.427 e. The summed E-state index contributed by atoms with van der Waals surface area (Å²) in [5, 5.41) is 17.4. The van der Waals surface area contributed by atoms with Crippen LogP contribution in [0.2, 0.25) is 5.15 Å². The van der Waals surface area contributed by atoms with Gasteiger partial charge in [-0.2, -0.15) is 23.5 Å². The highest BCUT2D eigenvalue weighted by atomic mass is 35.5. The van der Waals surface area contributed by atoms with E-state index < -0.39 is 40.3 Å². The Bertz CT molecular complexity index is 1440. The maximum atomic E-state index is 13.8. The number of aromatic nitrogens is 6. The number of sulfonamides is 1. The number of ether oxygens (including phenoxy) is 2. The molecule has 2 aromatic heterocycles. The maximum Gasteiger partial charge on any atom is 0.427 e. The number of halogens is 4. The summed E-state index contributed by atoms with van der Waals surface area (Å²) in [5.74, 6) is -0.523. The number of nitrogens with zero attached hydrogens (tertiary/aromatic N) is 6. The van der Waals surface area contributed by atoms with Gasteiger partial charge in [0.25, 0.3) is 10.0 Å². The monoisotopic (exact) mass is 591 g/mol. The number of benzene rings is 1. The number of tetrazole rings is 1. The molecular formula is C22H25ClF3N7O5S. The van der Waals surface area contributed by atoms with Crippen molar-refractivity contribution in [2.45, 2.75) is 69.4 Å². The molecule has 0 fully saturated rings. The first kappa shape index (κ1) is 28.6. The molecule has 0 spiro atoms. The van der Waals surface area contributed by atoms with E-state index in [2.05, 4.69) is 30.5 Å². The van der Waals surface area contributed by atoms with Crippen LogP contribution in [0.5, 0.6) is 5.75 Å². The SMILES string of the molecule is CCn1cc(S(=O)(=O)N2C[C@H](CCc3nn[nH]n3)Oc3ccc(CC(=O)OC(C)(C)C(F)(F)F)cc32)c(Cl)n1. The zero-order valence-corrected chi connectivity index (χ0v) is 22.6. The van der Waals surface area contributed by atoms with E-state index in [1.165, 1.54) is 29.1 Å². The lowest BCUT2D eigenvalue weighted by molar-refractivity contribution is -0.257. The van der Waals surface area contributed by atoms with Crippen molar-refractivity contribution in [1.29, 1.82) is 0 Å². The van der Waals surface area contributed by atoms with Gasteiger partial charge in [0.15, 0.2) is 11.0 Å². The van der Waals surface area contributed by atoms with Crippen LogP contribution in [0.15, 0.2) is 29.3 Å². The summed E-state index contributed by atoms with van der Waals surface area (Å²) in [6.07, 6.45) is -3.92. The predicted molar refractivity (Wildman–Crippen MR) is 131 cm³/mol. The van der Waals surface area contributed by atoms with Crippen LogP contribution in [0, 0.1) is 0 Å². The van der Waals surface area contributed by atoms with Crippen molar-refractivity contribution in [3.8, 4) is 5.75 Å². The topological polar surface area (TPSA) is 145 Å². The Kier molecular flexibility index (Phi) is 7.80. The summed E-state index contributed by atoms with van der Waals surface area (Å²) >= 11 is 6.17. The third-order valence-electron chi connectivity index (χ3n) is 6.01. The number of rotatable bonds is 9. The van der Waals surface area contributed by atoms with Crippen LogP contribution in [-0.2, 0) is 38.9 Å². The number of anilines is 1. The summed E-state index contributed by atoms with van der Waals surface area (Å²) in [6.45, 7) is 3.51. The molecule has 1 aliphatic heterocycles. The third-order valence-corrected chi connectivity index (χ3v) is 8.18. The predicted octanol–water partition coefficient (Wildman–Crippen LogP) is 3.09. The lowest BCUT2D eigenvalue weighted by Gasteiger charge is -2.35. The Labute approximate surface area is 226 Å². The number of alkyl halides is 3. The van der Waals surface area contributed by atoms with E-state index >= 15 is 0 Å². The van der Waals surface area contributed by atoms with Crippen LogP contribution in [-0.4, -0.2) is 69.2 Å². The Morgan fingerprint density at radius 3 is 2.67 bits per heavy atom. The van der Waals surface area contributed by atoms with Crippen molar-refractivity contribution in [1.82, 2.24) is 30.4 Å². The molecule has 12 nitrogen and oxygen atoms in total. The Balaban J connectivity index is 1.65. The highest BCUT2D eigenvalue weighted by Crippen LogP contribution is 2.40. The molecule has 4 rings (SSSR count). The van der Waals surface area contributed by atoms with Crippen molar-refractivity contribution in [2.24, 2.45) is 0 Å². The molecule has 0 amide bonds. The second-order valence-electron chi connectivity index (χ2n) is 9.24. The number of fused-ring (bicyclic) bond motifs is 1. The Morgan fingerprint density at radius 2 is 2.05 bits per heavy atom. The van der Waals surface area contributed by atoms with Gasteiger partial charge in [-0.1, -0.05) is 22.9 Å². The number of nitrogens with one attached hydrogen (secondary N) is 1. The van der Waals surface area contributed by atoms with E-state index in [0.29, 0.717) is 25.2 Å². The maximum absolute atomic E-state index is 13.8. The van der Waals surface area contributed by atoms with Crippen LogP contribution >= 0.6 is 11.6 Å². The lowest BCUT2D eigenvalue weighted by Crippen LogP contribution is -2.44. The Hall–Kier alpha value is -3.40. The van der Waals surface area contributed by atoms with E-state index in [1.54, 1.807) is 6.92 Å². The molecule has 0 radical (unpaired) electrons. The van der Waals surface area contributed by atoms with Crippen molar-refractivity contribution in [2.75, 3.05) is 10.8 Å². The van der Waals surface area contributed by atoms with Crippen molar-refractivity contribution in [3.05, 3.63) is 40.9 Å². The minimum absolute atomic E-state index is 0.0894. The highest BCUT2D eigenvalue weighted by Gasteiger charge is 2.50. The molecule has 39 heavy (non-hydrogen) atoms. The Morgan fingerprint density at radius 1 is 1.31 bits per heavy atom. The molecule has 0 saturated heterocycles. The van der Waals surface area contributed by atoms with Crippen LogP contribution in [0.3, 0.4) is 0 Å². The molecule has 0 bridgehead atoms. The largest absolute Gasteiger partial charge is 0.486 e. The third kappa shape index (κ3) is 6.11. The molecule has 3 aromatic rings. The van der Waals surface area contributed by atoms with Crippen LogP contribution in [0.4, 0.5) is 18.9 Å². The lowest BCUT2D eigenvalue weighted by atomic mass is 10.1. The summed E-state index contributed by atoms with van der Waals surface area (Å²) < 4.78 is 80.2. The minimum Gasteiger partial charge on any atom is -0.486 e. The van der Waals surface area contributed by atoms with E-state index in [9.17, 15) is 26.4 Å². The molecule has 3 heterocycles. The van der Waals surface area contributed by atoms with Gasteiger partial charge in [-0.3, -0.25) is 13.8 Å². The number of esters is 1. The van der Waals surface area contributed by atoms with Crippen molar-refractivity contribution < 1.29 is 35.9 Å². The van der Waals surface area contributed by atoms with Crippen molar-refractivity contribution in [3.63, 3.8) is 0 Å². The number of aryl methyl sites for hydroxylation is 2.